The first kappa shape index (κ1) is 24.6. The van der Waals surface area contributed by atoms with Crippen LogP contribution < -0.4 is 10.3 Å². The second kappa shape index (κ2) is 8.95. The summed E-state index contributed by atoms with van der Waals surface area (Å²) < 4.78 is 31.4. The number of nitrogens with zero attached hydrogens (tertiary/aromatic N) is 4. The van der Waals surface area contributed by atoms with Crippen LogP contribution in [0, 0.1) is 0 Å². The summed E-state index contributed by atoms with van der Waals surface area (Å²) in [6.45, 7) is 2.05. The molecule has 5 heterocycles. The van der Waals surface area contributed by atoms with E-state index in [2.05, 4.69) is 14.3 Å². The molecule has 10 heteroatoms. The van der Waals surface area contributed by atoms with Gasteiger partial charge in [-0.1, -0.05) is 12.1 Å². The lowest BCUT2D eigenvalue weighted by molar-refractivity contribution is 0.463. The Kier molecular flexibility index (Phi) is 5.65. The zero-order valence-corrected chi connectivity index (χ0v) is 22.4. The normalized spacial score (nSPS) is 12.3. The molecule has 0 atom stereocenters. The molecule has 2 N–H and O–H groups in total. The van der Waals surface area contributed by atoms with Crippen molar-refractivity contribution in [1.29, 1.82) is 0 Å². The van der Waals surface area contributed by atoms with Crippen molar-refractivity contribution in [2.24, 2.45) is 7.05 Å². The second-order valence-corrected chi connectivity index (χ2v) is 11.5. The average Bonchev–Trinajstić information content (AvgIpc) is 3.51. The third-order valence-corrected chi connectivity index (χ3v) is 7.71. The maximum atomic E-state index is 12.6. The van der Waals surface area contributed by atoms with Crippen LogP contribution in [0.2, 0.25) is 0 Å². The van der Waals surface area contributed by atoms with Crippen LogP contribution in [0.15, 0.2) is 96.4 Å². The Balaban J connectivity index is 1.70. The van der Waals surface area contributed by atoms with E-state index in [0.29, 0.717) is 11.2 Å². The lowest BCUT2D eigenvalue weighted by atomic mass is 9.91. The van der Waals surface area contributed by atoms with Gasteiger partial charge in [0.15, 0.2) is 0 Å². The molecule has 0 aliphatic rings. The number of fused-ring (bicyclic) bond motifs is 2. The summed E-state index contributed by atoms with van der Waals surface area (Å²) in [7, 11) is -1.77. The van der Waals surface area contributed by atoms with Crippen LogP contribution in [0.5, 0.6) is 0 Å². The Bertz CT molecular complexity index is 1970. The van der Waals surface area contributed by atoms with E-state index < -0.39 is 15.6 Å². The molecule has 0 bridgehead atoms. The molecule has 5 aromatic heterocycles. The summed E-state index contributed by atoms with van der Waals surface area (Å²) >= 11 is 0. The highest BCUT2D eigenvalue weighted by atomic mass is 32.2. The van der Waals surface area contributed by atoms with E-state index in [1.807, 2.05) is 87.0 Å². The molecule has 1 aromatic carbocycles. The molecule has 0 aliphatic carbocycles. The maximum absolute atomic E-state index is 12.6. The monoisotopic (exact) mass is 538 g/mol. The minimum absolute atomic E-state index is 0.196. The Morgan fingerprint density at radius 3 is 2.26 bits per heavy atom. The molecule has 0 saturated carbocycles. The van der Waals surface area contributed by atoms with Crippen LogP contribution in [-0.4, -0.2) is 38.8 Å². The lowest BCUT2D eigenvalue weighted by Crippen LogP contribution is -2.34. The number of sulfonamides is 1. The Labute approximate surface area is 224 Å². The highest BCUT2D eigenvalue weighted by Gasteiger charge is 2.35. The van der Waals surface area contributed by atoms with Gasteiger partial charge < -0.3 is 14.1 Å². The van der Waals surface area contributed by atoms with Crippen molar-refractivity contribution in [1.82, 2.24) is 24.1 Å². The Hall–Kier alpha value is -4.70. The quantitative estimate of drug-likeness (QED) is 0.325. The number of aromatic amines is 1. The van der Waals surface area contributed by atoms with Gasteiger partial charge in [-0.3, -0.25) is 19.5 Å². The van der Waals surface area contributed by atoms with Gasteiger partial charge in [0, 0.05) is 54.4 Å². The van der Waals surface area contributed by atoms with Gasteiger partial charge >= 0.3 is 0 Å². The van der Waals surface area contributed by atoms with Gasteiger partial charge in [0.05, 0.1) is 28.8 Å². The highest BCUT2D eigenvalue weighted by Crippen LogP contribution is 2.40. The van der Waals surface area contributed by atoms with Crippen LogP contribution >= 0.6 is 0 Å². The first-order valence-corrected chi connectivity index (χ1v) is 14.2. The number of rotatable bonds is 6. The lowest BCUT2D eigenvalue weighted by Gasteiger charge is -2.32. The summed E-state index contributed by atoms with van der Waals surface area (Å²) in [5, 5.41) is 1.49. The van der Waals surface area contributed by atoms with Crippen molar-refractivity contribution >= 4 is 37.5 Å². The summed E-state index contributed by atoms with van der Waals surface area (Å²) in [6.07, 6.45) is 10.1. The standard InChI is InChI=1S/C29H26N6O3S/c1-29(25-8-4-6-12-30-25,26-9-5-7-13-31-26)35-15-11-21-23(33-39(3,37)38)16-19(17-24(21)35)22-18-34(2)27-20(22)10-14-32-28(27)36/h4-18,33H,1-3H3,(H,32,36). The molecular formula is C29H26N6O3S. The third-order valence-electron chi connectivity index (χ3n) is 7.12. The van der Waals surface area contributed by atoms with Crippen LogP contribution in [0.1, 0.15) is 18.3 Å². The zero-order valence-electron chi connectivity index (χ0n) is 21.6. The number of hydrogen-bond donors (Lipinski definition) is 2. The Morgan fingerprint density at radius 1 is 0.949 bits per heavy atom. The number of anilines is 1. The minimum atomic E-state index is -3.59. The van der Waals surface area contributed by atoms with Gasteiger partial charge in [0.25, 0.3) is 5.56 Å². The number of aromatic nitrogens is 5. The topological polar surface area (TPSA) is 115 Å². The summed E-state index contributed by atoms with van der Waals surface area (Å²) in [5.74, 6) is 0. The molecule has 9 nitrogen and oxygen atoms in total. The molecule has 39 heavy (non-hydrogen) atoms. The Morgan fingerprint density at radius 2 is 1.64 bits per heavy atom. The van der Waals surface area contributed by atoms with Crippen LogP contribution in [-0.2, 0) is 22.6 Å². The van der Waals surface area contributed by atoms with Crippen LogP contribution in [0.4, 0.5) is 5.69 Å². The van der Waals surface area contributed by atoms with Gasteiger partial charge in [0.2, 0.25) is 10.0 Å². The number of H-pyrrole nitrogens is 1. The van der Waals surface area contributed by atoms with Crippen molar-refractivity contribution < 1.29 is 8.42 Å². The highest BCUT2D eigenvalue weighted by molar-refractivity contribution is 7.92. The number of benzene rings is 1. The summed E-state index contributed by atoms with van der Waals surface area (Å²) in [5.41, 5.74) is 3.86. The van der Waals surface area contributed by atoms with Crippen molar-refractivity contribution in [2.45, 2.75) is 12.5 Å². The van der Waals surface area contributed by atoms with Crippen LogP contribution in [0.25, 0.3) is 32.9 Å². The number of nitrogens with one attached hydrogen (secondary N) is 2. The fourth-order valence-corrected chi connectivity index (χ4v) is 5.91. The molecule has 0 saturated heterocycles. The number of hydrogen-bond acceptors (Lipinski definition) is 5. The third kappa shape index (κ3) is 4.09. The van der Waals surface area contributed by atoms with E-state index in [-0.39, 0.29) is 5.56 Å². The minimum Gasteiger partial charge on any atom is -0.345 e. The molecule has 0 amide bonds. The van der Waals surface area contributed by atoms with Gasteiger partial charge in [0.1, 0.15) is 11.1 Å². The van der Waals surface area contributed by atoms with Crippen LogP contribution in [0.3, 0.4) is 0 Å². The van der Waals surface area contributed by atoms with E-state index in [9.17, 15) is 13.2 Å². The SMILES string of the molecule is Cn1cc(-c2cc(NS(C)(=O)=O)c3ccn(C(C)(c4ccccn4)c4ccccn4)c3c2)c2cc[nH]c(=O)c21. The molecule has 0 aliphatic heterocycles. The van der Waals surface area contributed by atoms with Gasteiger partial charge in [-0.2, -0.15) is 0 Å². The first-order chi connectivity index (χ1) is 18.7. The summed E-state index contributed by atoms with van der Waals surface area (Å²) in [4.78, 5) is 24.7. The number of pyridine rings is 3. The molecule has 196 valence electrons. The van der Waals surface area contributed by atoms with E-state index in [0.717, 1.165) is 45.1 Å². The molecule has 0 fully saturated rings. The van der Waals surface area contributed by atoms with Crippen molar-refractivity contribution in [3.05, 3.63) is 113 Å². The van der Waals surface area contributed by atoms with E-state index >= 15 is 0 Å². The largest absolute Gasteiger partial charge is 0.345 e. The fraction of sp³-hybridized carbons (Fsp3) is 0.138. The fourth-order valence-electron chi connectivity index (χ4n) is 5.35. The predicted octanol–water partition coefficient (Wildman–Crippen LogP) is 4.46. The van der Waals surface area contributed by atoms with Crippen molar-refractivity contribution in [3.8, 4) is 11.1 Å². The second-order valence-electron chi connectivity index (χ2n) is 9.74. The van der Waals surface area contributed by atoms with E-state index in [4.69, 9.17) is 9.97 Å². The molecule has 0 spiro atoms. The van der Waals surface area contributed by atoms with Crippen molar-refractivity contribution in [3.63, 3.8) is 0 Å². The predicted molar refractivity (Wildman–Crippen MR) is 153 cm³/mol. The summed E-state index contributed by atoms with van der Waals surface area (Å²) in [6, 6.07) is 19.1. The van der Waals surface area contributed by atoms with E-state index in [1.54, 1.807) is 23.2 Å². The average molecular weight is 539 g/mol. The number of aryl methyl sites for hydroxylation is 1. The first-order valence-electron chi connectivity index (χ1n) is 12.3. The molecule has 6 rings (SSSR count). The van der Waals surface area contributed by atoms with Gasteiger partial charge in [-0.25, -0.2) is 8.42 Å². The maximum Gasteiger partial charge on any atom is 0.272 e. The van der Waals surface area contributed by atoms with Gasteiger partial charge in [-0.05, 0) is 61.0 Å². The smallest absolute Gasteiger partial charge is 0.272 e. The molecule has 0 unspecified atom stereocenters. The van der Waals surface area contributed by atoms with E-state index in [1.165, 1.54) is 0 Å². The molecule has 0 radical (unpaired) electrons. The van der Waals surface area contributed by atoms with Crippen molar-refractivity contribution in [2.75, 3.05) is 11.0 Å². The molecule has 6 aromatic rings. The zero-order chi connectivity index (χ0) is 27.4. The molecular weight excluding hydrogens is 512 g/mol. The van der Waals surface area contributed by atoms with Gasteiger partial charge in [-0.15, -0.1) is 0 Å².